The highest BCUT2D eigenvalue weighted by Crippen LogP contribution is 2.21. The van der Waals surface area contributed by atoms with Crippen LogP contribution in [0.4, 0.5) is 5.95 Å². The second-order valence-electron chi connectivity index (χ2n) is 5.40. The number of hydrogen-bond donors (Lipinski definition) is 1. The number of anilines is 1. The number of rotatable bonds is 4. The maximum absolute atomic E-state index is 12.4. The van der Waals surface area contributed by atoms with E-state index in [1.54, 1.807) is 35.3 Å². The summed E-state index contributed by atoms with van der Waals surface area (Å²) in [6.45, 7) is 0.400. The minimum absolute atomic E-state index is 0.176. The van der Waals surface area contributed by atoms with Crippen molar-refractivity contribution in [1.82, 2.24) is 29.4 Å². The van der Waals surface area contributed by atoms with Crippen molar-refractivity contribution in [3.8, 4) is 0 Å². The van der Waals surface area contributed by atoms with Crippen LogP contribution in [-0.4, -0.2) is 35.3 Å². The third-order valence-electron chi connectivity index (χ3n) is 3.63. The Morgan fingerprint density at radius 2 is 2.12 bits per heavy atom. The van der Waals surface area contributed by atoms with Gasteiger partial charge in [0.15, 0.2) is 5.65 Å². The van der Waals surface area contributed by atoms with E-state index in [0.717, 1.165) is 5.56 Å². The van der Waals surface area contributed by atoms with Gasteiger partial charge < -0.3 is 0 Å². The lowest BCUT2D eigenvalue weighted by Crippen LogP contribution is -2.13. The number of nitrogens with zero attached hydrogens (tertiary/aromatic N) is 6. The van der Waals surface area contributed by atoms with Gasteiger partial charge in [-0.25, -0.2) is 19.2 Å². The Morgan fingerprint density at radius 1 is 1.23 bits per heavy atom. The Morgan fingerprint density at radius 3 is 2.96 bits per heavy atom. The number of benzene rings is 1. The zero-order chi connectivity index (χ0) is 18.1. The van der Waals surface area contributed by atoms with Gasteiger partial charge in [0.1, 0.15) is 11.9 Å². The Bertz CT molecular complexity index is 1100. The van der Waals surface area contributed by atoms with E-state index in [-0.39, 0.29) is 11.9 Å². The largest absolute Gasteiger partial charge is 0.289 e. The van der Waals surface area contributed by atoms with E-state index < -0.39 is 0 Å². The molecule has 10 heteroatoms. The second kappa shape index (κ2) is 6.74. The van der Waals surface area contributed by atoms with E-state index in [2.05, 4.69) is 25.5 Å². The quantitative estimate of drug-likeness (QED) is 0.581. The Hall–Kier alpha value is -2.97. The van der Waals surface area contributed by atoms with Crippen molar-refractivity contribution in [1.29, 1.82) is 0 Å². The van der Waals surface area contributed by atoms with Gasteiger partial charge >= 0.3 is 0 Å². The third-order valence-corrected chi connectivity index (χ3v) is 4.22. The number of hydrogen-bond acceptors (Lipinski definition) is 5. The molecule has 8 nitrogen and oxygen atoms in total. The van der Waals surface area contributed by atoms with Gasteiger partial charge in [-0.3, -0.25) is 10.1 Å². The van der Waals surface area contributed by atoms with Crippen molar-refractivity contribution in [2.45, 2.75) is 6.54 Å². The number of halogens is 2. The first-order valence-electron chi connectivity index (χ1n) is 7.53. The Balaban J connectivity index is 1.50. The van der Waals surface area contributed by atoms with Crippen LogP contribution in [0, 0.1) is 0 Å². The maximum atomic E-state index is 12.4. The number of amides is 1. The molecule has 0 saturated carbocycles. The molecule has 1 amide bonds. The molecule has 0 saturated heterocycles. The van der Waals surface area contributed by atoms with Crippen molar-refractivity contribution < 1.29 is 4.79 Å². The molecule has 0 atom stereocenters. The molecule has 130 valence electrons. The number of carbonyl (C=O) groups excluding carboxylic acids is 1. The van der Waals surface area contributed by atoms with E-state index in [1.165, 1.54) is 17.0 Å². The molecule has 1 N–H and O–H groups in total. The highest BCUT2D eigenvalue weighted by Gasteiger charge is 2.15. The Labute approximate surface area is 157 Å². The molecular weight excluding hydrogens is 377 g/mol. The van der Waals surface area contributed by atoms with Crippen LogP contribution >= 0.6 is 23.2 Å². The van der Waals surface area contributed by atoms with Crippen LogP contribution in [-0.2, 0) is 6.54 Å². The zero-order valence-corrected chi connectivity index (χ0v) is 14.7. The normalized spacial score (nSPS) is 11.0. The lowest BCUT2D eigenvalue weighted by Gasteiger charge is -2.04. The summed E-state index contributed by atoms with van der Waals surface area (Å²) in [5.74, 6) is -0.212. The SMILES string of the molecule is O=C(Nc1ncn(Cc2ccc(Cl)cc2Cl)n1)c1cnn2cccnc12. The summed E-state index contributed by atoms with van der Waals surface area (Å²) in [6.07, 6.45) is 6.26. The van der Waals surface area contributed by atoms with Gasteiger partial charge in [0, 0.05) is 22.4 Å². The third kappa shape index (κ3) is 3.24. The standard InChI is InChI=1S/C16H11Cl2N7O/c17-11-3-2-10(13(18)6-11)8-24-9-20-16(23-24)22-15(26)12-7-21-25-5-1-4-19-14(12)25/h1-7,9H,8H2,(H,22,23,26). The predicted octanol–water partition coefficient (Wildman–Crippen LogP) is 2.93. The summed E-state index contributed by atoms with van der Waals surface area (Å²) < 4.78 is 3.09. The van der Waals surface area contributed by atoms with Crippen LogP contribution in [0.1, 0.15) is 15.9 Å². The van der Waals surface area contributed by atoms with E-state index >= 15 is 0 Å². The van der Waals surface area contributed by atoms with Crippen LogP contribution in [0.2, 0.25) is 10.0 Å². The number of aromatic nitrogens is 6. The molecule has 0 unspecified atom stereocenters. The Kier molecular flexibility index (Phi) is 4.27. The zero-order valence-electron chi connectivity index (χ0n) is 13.2. The minimum atomic E-state index is -0.388. The van der Waals surface area contributed by atoms with Gasteiger partial charge in [-0.1, -0.05) is 29.3 Å². The average molecular weight is 388 g/mol. The fourth-order valence-electron chi connectivity index (χ4n) is 2.41. The fraction of sp³-hybridized carbons (Fsp3) is 0.0625. The molecule has 3 heterocycles. The molecule has 0 spiro atoms. The van der Waals surface area contributed by atoms with Gasteiger partial charge in [-0.05, 0) is 23.8 Å². The number of fused-ring (bicyclic) bond motifs is 1. The van der Waals surface area contributed by atoms with Crippen molar-refractivity contribution >= 4 is 40.7 Å². The van der Waals surface area contributed by atoms with Gasteiger partial charge in [-0.15, -0.1) is 5.10 Å². The molecule has 0 aliphatic heterocycles. The van der Waals surface area contributed by atoms with E-state index in [1.807, 2.05) is 6.07 Å². The van der Waals surface area contributed by atoms with E-state index in [9.17, 15) is 4.79 Å². The van der Waals surface area contributed by atoms with E-state index in [0.29, 0.717) is 27.8 Å². The van der Waals surface area contributed by atoms with Gasteiger partial charge in [0.05, 0.1) is 12.7 Å². The molecule has 3 aromatic heterocycles. The summed E-state index contributed by atoms with van der Waals surface area (Å²) in [4.78, 5) is 20.7. The topological polar surface area (TPSA) is 90.0 Å². The monoisotopic (exact) mass is 387 g/mol. The first-order valence-corrected chi connectivity index (χ1v) is 8.29. The highest BCUT2D eigenvalue weighted by molar-refractivity contribution is 6.35. The molecular formula is C16H11Cl2N7O. The van der Waals surface area contributed by atoms with Crippen molar-refractivity contribution in [3.63, 3.8) is 0 Å². The molecule has 1 aromatic carbocycles. The van der Waals surface area contributed by atoms with Crippen molar-refractivity contribution in [2.75, 3.05) is 5.32 Å². The predicted molar refractivity (Wildman–Crippen MR) is 96.5 cm³/mol. The van der Waals surface area contributed by atoms with Crippen molar-refractivity contribution in [3.05, 3.63) is 70.4 Å². The molecule has 4 aromatic rings. The molecule has 4 rings (SSSR count). The highest BCUT2D eigenvalue weighted by atomic mass is 35.5. The van der Waals surface area contributed by atoms with Crippen LogP contribution in [0.5, 0.6) is 0 Å². The molecule has 0 aliphatic carbocycles. The smallest absolute Gasteiger partial charge is 0.263 e. The summed E-state index contributed by atoms with van der Waals surface area (Å²) in [6, 6.07) is 6.96. The summed E-state index contributed by atoms with van der Waals surface area (Å²) >= 11 is 12.1. The maximum Gasteiger partial charge on any atom is 0.263 e. The second-order valence-corrected chi connectivity index (χ2v) is 6.25. The average Bonchev–Trinajstić information content (AvgIpc) is 3.24. The molecule has 0 aliphatic rings. The lowest BCUT2D eigenvalue weighted by atomic mass is 10.2. The molecule has 0 fully saturated rings. The molecule has 26 heavy (non-hydrogen) atoms. The molecule has 0 radical (unpaired) electrons. The fourth-order valence-corrected chi connectivity index (χ4v) is 2.88. The first kappa shape index (κ1) is 16.5. The first-order chi connectivity index (χ1) is 12.6. The summed E-state index contributed by atoms with van der Waals surface area (Å²) in [5, 5.41) is 12.1. The van der Waals surface area contributed by atoms with Gasteiger partial charge in [0.25, 0.3) is 5.91 Å². The van der Waals surface area contributed by atoms with Crippen LogP contribution in [0.15, 0.2) is 49.2 Å². The van der Waals surface area contributed by atoms with Gasteiger partial charge in [0.2, 0.25) is 5.95 Å². The summed E-state index contributed by atoms with van der Waals surface area (Å²) in [7, 11) is 0. The molecule has 0 bridgehead atoms. The lowest BCUT2D eigenvalue weighted by molar-refractivity contribution is 0.102. The van der Waals surface area contributed by atoms with Crippen molar-refractivity contribution in [2.24, 2.45) is 0 Å². The van der Waals surface area contributed by atoms with E-state index in [4.69, 9.17) is 23.2 Å². The number of nitrogens with one attached hydrogen (secondary N) is 1. The van der Waals surface area contributed by atoms with Gasteiger partial charge in [-0.2, -0.15) is 5.10 Å². The van der Waals surface area contributed by atoms with Crippen LogP contribution in [0.25, 0.3) is 5.65 Å². The van der Waals surface area contributed by atoms with Crippen LogP contribution < -0.4 is 5.32 Å². The summed E-state index contributed by atoms with van der Waals surface area (Å²) in [5.41, 5.74) is 1.63. The number of carbonyl (C=O) groups is 1. The minimum Gasteiger partial charge on any atom is -0.289 e. The van der Waals surface area contributed by atoms with Crippen LogP contribution in [0.3, 0.4) is 0 Å².